The molecule has 0 radical (unpaired) electrons. The molecule has 0 spiro atoms. The van der Waals surface area contributed by atoms with E-state index in [1.165, 1.54) is 24.3 Å². The smallest absolute Gasteiger partial charge is 0.319 e. The SMILES string of the molecule is Oc1cc(-c2nc3c4c(nc(OC[C@@]56CCCN5C[C@@H](F)C6)nc4c2F)N2C[C@@H]4CC[C@@H](N4)[C@H]2CO3)c2c(F)cccc2c1. The zero-order valence-electron chi connectivity index (χ0n) is 23.9. The third-order valence-corrected chi connectivity index (χ3v) is 10.3. The molecule has 228 valence electrons. The van der Waals surface area contributed by atoms with Crippen molar-refractivity contribution < 1.29 is 27.8 Å². The molecule has 0 saturated carbocycles. The summed E-state index contributed by atoms with van der Waals surface area (Å²) in [6.07, 6.45) is 3.24. The molecule has 4 fully saturated rings. The number of rotatable bonds is 4. The number of nitrogens with zero attached hydrogens (tertiary/aromatic N) is 5. The molecule has 9 rings (SSSR count). The van der Waals surface area contributed by atoms with Gasteiger partial charge in [-0.25, -0.2) is 18.2 Å². The Bertz CT molecular complexity index is 1840. The van der Waals surface area contributed by atoms with E-state index in [0.29, 0.717) is 36.1 Å². The average Bonchev–Trinajstić information content (AvgIpc) is 3.64. The van der Waals surface area contributed by atoms with E-state index in [9.17, 15) is 9.50 Å². The molecule has 5 aliphatic heterocycles. The number of fused-ring (bicyclic) bond motifs is 7. The number of alkyl halides is 1. The molecule has 9 nitrogen and oxygen atoms in total. The number of aromatic nitrogens is 3. The Morgan fingerprint density at radius 2 is 2.02 bits per heavy atom. The largest absolute Gasteiger partial charge is 0.508 e. The molecule has 4 saturated heterocycles. The topological polar surface area (TPSA) is 95.9 Å². The number of pyridine rings is 1. The lowest BCUT2D eigenvalue weighted by molar-refractivity contribution is 0.107. The van der Waals surface area contributed by atoms with E-state index in [1.807, 2.05) is 0 Å². The van der Waals surface area contributed by atoms with Crippen molar-refractivity contribution in [1.29, 1.82) is 0 Å². The van der Waals surface area contributed by atoms with Crippen LogP contribution in [0.25, 0.3) is 32.9 Å². The van der Waals surface area contributed by atoms with Crippen molar-refractivity contribution in [2.75, 3.05) is 37.7 Å². The van der Waals surface area contributed by atoms with E-state index >= 15 is 8.78 Å². The lowest BCUT2D eigenvalue weighted by Gasteiger charge is -2.40. The summed E-state index contributed by atoms with van der Waals surface area (Å²) in [7, 11) is 0. The molecule has 2 bridgehead atoms. The van der Waals surface area contributed by atoms with Crippen LogP contribution >= 0.6 is 0 Å². The van der Waals surface area contributed by atoms with Gasteiger partial charge in [0.2, 0.25) is 5.88 Å². The van der Waals surface area contributed by atoms with Gasteiger partial charge >= 0.3 is 6.01 Å². The molecule has 0 aliphatic carbocycles. The van der Waals surface area contributed by atoms with Crippen LogP contribution in [0.1, 0.15) is 32.1 Å². The summed E-state index contributed by atoms with van der Waals surface area (Å²) in [4.78, 5) is 18.3. The summed E-state index contributed by atoms with van der Waals surface area (Å²) in [6, 6.07) is 7.54. The van der Waals surface area contributed by atoms with Crippen LogP contribution in [0.5, 0.6) is 17.6 Å². The number of halogens is 3. The summed E-state index contributed by atoms with van der Waals surface area (Å²) in [5, 5.41) is 15.0. The second-order valence-corrected chi connectivity index (χ2v) is 12.9. The van der Waals surface area contributed by atoms with Crippen molar-refractivity contribution >= 4 is 27.5 Å². The predicted molar refractivity (Wildman–Crippen MR) is 157 cm³/mol. The molecular formula is C32H31F3N6O3. The molecule has 4 aromatic rings. The lowest BCUT2D eigenvalue weighted by Crippen LogP contribution is -2.60. The summed E-state index contributed by atoms with van der Waals surface area (Å²) in [5.74, 6) is -0.881. The quantitative estimate of drug-likeness (QED) is 0.350. The van der Waals surface area contributed by atoms with Gasteiger partial charge in [-0.05, 0) is 55.8 Å². The summed E-state index contributed by atoms with van der Waals surface area (Å²) in [6.45, 7) is 2.34. The minimum Gasteiger partial charge on any atom is -0.508 e. The van der Waals surface area contributed by atoms with Crippen LogP contribution in [0.2, 0.25) is 0 Å². The third kappa shape index (κ3) is 3.89. The molecule has 5 atom stereocenters. The van der Waals surface area contributed by atoms with Crippen molar-refractivity contribution in [1.82, 2.24) is 25.2 Å². The fourth-order valence-electron chi connectivity index (χ4n) is 8.36. The van der Waals surface area contributed by atoms with Crippen LogP contribution in [-0.2, 0) is 0 Å². The molecule has 2 aromatic carbocycles. The van der Waals surface area contributed by atoms with Gasteiger partial charge in [-0.3, -0.25) is 4.90 Å². The van der Waals surface area contributed by atoms with Gasteiger partial charge in [0.05, 0.1) is 11.6 Å². The molecule has 12 heteroatoms. The van der Waals surface area contributed by atoms with Gasteiger partial charge in [-0.2, -0.15) is 9.97 Å². The minimum absolute atomic E-state index is 0.00323. The molecule has 2 N–H and O–H groups in total. The first-order chi connectivity index (χ1) is 21.4. The van der Waals surface area contributed by atoms with E-state index in [-0.39, 0.29) is 71.1 Å². The molecule has 0 unspecified atom stereocenters. The highest BCUT2D eigenvalue weighted by molar-refractivity contribution is 6.02. The highest BCUT2D eigenvalue weighted by Gasteiger charge is 2.50. The van der Waals surface area contributed by atoms with Crippen LogP contribution in [-0.4, -0.2) is 87.6 Å². The van der Waals surface area contributed by atoms with Gasteiger partial charge in [0.25, 0.3) is 0 Å². The Kier molecular flexibility index (Phi) is 5.75. The number of hydrogen-bond acceptors (Lipinski definition) is 9. The second kappa shape index (κ2) is 9.55. The minimum atomic E-state index is -0.915. The molecule has 44 heavy (non-hydrogen) atoms. The standard InChI is InChI=1S/C32H31F3N6O3/c33-17-11-32(7-2-8-40(32)12-17)15-44-31-38-28-25-29(39-31)41-13-18-5-6-22(36-18)23(41)14-43-30(25)37-27(26(28)35)20-10-19(42)9-16-3-1-4-21(34)24(16)20/h1,3-4,9-10,17-18,22-23,36,42H,2,5-8,11-15H2/t17-,18-,22+,23+,32-/m0/s1. The van der Waals surface area contributed by atoms with Crippen molar-refractivity contribution in [3.8, 4) is 28.9 Å². The fourth-order valence-corrected chi connectivity index (χ4v) is 8.36. The van der Waals surface area contributed by atoms with E-state index in [2.05, 4.69) is 25.1 Å². The maximum Gasteiger partial charge on any atom is 0.319 e. The van der Waals surface area contributed by atoms with Gasteiger partial charge in [-0.1, -0.05) is 12.1 Å². The third-order valence-electron chi connectivity index (χ3n) is 10.3. The zero-order chi connectivity index (χ0) is 29.7. The molecule has 7 heterocycles. The highest BCUT2D eigenvalue weighted by atomic mass is 19.1. The Morgan fingerprint density at radius 1 is 1.11 bits per heavy atom. The van der Waals surface area contributed by atoms with Crippen LogP contribution in [0.15, 0.2) is 30.3 Å². The van der Waals surface area contributed by atoms with E-state index < -0.39 is 23.3 Å². The Hall–Kier alpha value is -3.90. The number of piperazine rings is 1. The van der Waals surface area contributed by atoms with Crippen molar-refractivity contribution in [3.05, 3.63) is 42.0 Å². The lowest BCUT2D eigenvalue weighted by atomic mass is 9.95. The van der Waals surface area contributed by atoms with E-state index in [0.717, 1.165) is 32.2 Å². The molecular weight excluding hydrogens is 573 g/mol. The molecule has 2 aromatic heterocycles. The predicted octanol–water partition coefficient (Wildman–Crippen LogP) is 4.49. The number of nitrogens with one attached hydrogen (secondary N) is 1. The summed E-state index contributed by atoms with van der Waals surface area (Å²) < 4.78 is 59.1. The van der Waals surface area contributed by atoms with Crippen LogP contribution in [0.4, 0.5) is 19.0 Å². The number of anilines is 1. The second-order valence-electron chi connectivity index (χ2n) is 12.9. The van der Waals surface area contributed by atoms with E-state index in [4.69, 9.17) is 14.5 Å². The summed E-state index contributed by atoms with van der Waals surface area (Å²) in [5.41, 5.74) is -0.593. The van der Waals surface area contributed by atoms with Gasteiger partial charge < -0.3 is 24.8 Å². The summed E-state index contributed by atoms with van der Waals surface area (Å²) >= 11 is 0. The van der Waals surface area contributed by atoms with Crippen LogP contribution in [0, 0.1) is 11.6 Å². The first-order valence-electron chi connectivity index (χ1n) is 15.4. The van der Waals surface area contributed by atoms with Crippen molar-refractivity contribution in [2.45, 2.75) is 61.9 Å². The first-order valence-corrected chi connectivity index (χ1v) is 15.4. The molecule has 0 amide bonds. The molecule has 5 aliphatic rings. The van der Waals surface area contributed by atoms with Crippen LogP contribution < -0.4 is 19.7 Å². The maximum atomic E-state index is 16.8. The average molecular weight is 605 g/mol. The van der Waals surface area contributed by atoms with Gasteiger partial charge in [0.15, 0.2) is 5.82 Å². The number of hydrogen-bond donors (Lipinski definition) is 2. The fraction of sp³-hybridized carbons (Fsp3) is 0.469. The number of benzene rings is 2. The zero-order valence-corrected chi connectivity index (χ0v) is 23.9. The van der Waals surface area contributed by atoms with Crippen LogP contribution in [0.3, 0.4) is 0 Å². The van der Waals surface area contributed by atoms with E-state index in [1.54, 1.807) is 6.07 Å². The number of ether oxygens (including phenoxy) is 2. The van der Waals surface area contributed by atoms with Crippen molar-refractivity contribution in [2.24, 2.45) is 0 Å². The number of phenolic OH excluding ortho intramolecular Hbond substituents is 1. The normalized spacial score (nSPS) is 29.1. The Balaban J connectivity index is 1.23. The Morgan fingerprint density at radius 3 is 2.93 bits per heavy atom. The highest BCUT2D eigenvalue weighted by Crippen LogP contribution is 2.45. The Labute approximate surface area is 251 Å². The first kappa shape index (κ1) is 26.5. The van der Waals surface area contributed by atoms with Gasteiger partial charge in [0.1, 0.15) is 53.4 Å². The van der Waals surface area contributed by atoms with Gasteiger partial charge in [-0.15, -0.1) is 0 Å². The maximum absolute atomic E-state index is 16.8. The number of phenols is 1. The number of aromatic hydroxyl groups is 1. The van der Waals surface area contributed by atoms with Gasteiger partial charge in [0, 0.05) is 42.5 Å². The monoisotopic (exact) mass is 604 g/mol. The van der Waals surface area contributed by atoms with Crippen molar-refractivity contribution in [3.63, 3.8) is 0 Å².